The Kier molecular flexibility index (Phi) is 4.69. The predicted octanol–water partition coefficient (Wildman–Crippen LogP) is 1.69. The van der Waals surface area contributed by atoms with E-state index in [1.807, 2.05) is 29.0 Å². The minimum Gasteiger partial charge on any atom is -0.480 e. The molecule has 0 bridgehead atoms. The molecule has 0 unspecified atom stereocenters. The maximum absolute atomic E-state index is 11.3. The molecule has 0 aliphatic carbocycles. The van der Waals surface area contributed by atoms with Crippen molar-refractivity contribution in [2.45, 2.75) is 26.4 Å². The van der Waals surface area contributed by atoms with E-state index in [1.165, 1.54) is 11.1 Å². The van der Waals surface area contributed by atoms with Gasteiger partial charge in [0.05, 0.1) is 11.9 Å². The van der Waals surface area contributed by atoms with Crippen LogP contribution in [-0.2, 0) is 11.3 Å². The number of carbonyl (C=O) groups is 1. The average molecular weight is 328 g/mol. The summed E-state index contributed by atoms with van der Waals surface area (Å²) in [6.45, 7) is 7.10. The molecular formula is C18H24N4O2. The van der Waals surface area contributed by atoms with Crippen molar-refractivity contribution in [2.24, 2.45) is 0 Å². The molecule has 24 heavy (non-hydrogen) atoms. The number of rotatable bonds is 4. The first kappa shape index (κ1) is 16.7. The Morgan fingerprint density at radius 2 is 2.08 bits per heavy atom. The second-order valence-corrected chi connectivity index (χ2v) is 6.63. The largest absolute Gasteiger partial charge is 0.480 e. The summed E-state index contributed by atoms with van der Waals surface area (Å²) < 4.78 is 1.88. The quantitative estimate of drug-likeness (QED) is 0.925. The van der Waals surface area contributed by atoms with Crippen LogP contribution in [0.4, 0.5) is 0 Å². The van der Waals surface area contributed by atoms with Crippen molar-refractivity contribution in [3.8, 4) is 5.69 Å². The van der Waals surface area contributed by atoms with E-state index in [9.17, 15) is 9.90 Å². The average Bonchev–Trinajstić information content (AvgIpc) is 3.00. The lowest BCUT2D eigenvalue weighted by atomic mass is 10.1. The number of nitrogens with zero attached hydrogens (tertiary/aromatic N) is 4. The molecule has 0 radical (unpaired) electrons. The number of hydrogen-bond donors (Lipinski definition) is 1. The van der Waals surface area contributed by atoms with Crippen molar-refractivity contribution < 1.29 is 9.90 Å². The maximum atomic E-state index is 11.3. The monoisotopic (exact) mass is 328 g/mol. The fraction of sp³-hybridized carbons (Fsp3) is 0.444. The highest BCUT2D eigenvalue weighted by atomic mass is 16.4. The minimum atomic E-state index is -0.756. The standard InChI is InChI=1S/C18H24N4O2/c1-13-4-5-16(8-14(13)2)22-11-15(9-19-22)10-21-7-6-20(3)17(12-21)18(23)24/h4-5,8-9,11,17H,6-7,10,12H2,1-3H3,(H,23,24)/t17-/m0/s1. The van der Waals surface area contributed by atoms with Crippen LogP contribution in [-0.4, -0.2) is 63.4 Å². The van der Waals surface area contributed by atoms with Crippen molar-refractivity contribution in [3.63, 3.8) is 0 Å². The number of likely N-dealkylation sites (N-methyl/N-ethyl adjacent to an activating group) is 1. The van der Waals surface area contributed by atoms with Crippen LogP contribution in [0.3, 0.4) is 0 Å². The molecule has 2 aromatic rings. The number of carboxylic acid groups (broad SMARTS) is 1. The topological polar surface area (TPSA) is 61.6 Å². The van der Waals surface area contributed by atoms with Crippen molar-refractivity contribution in [3.05, 3.63) is 47.3 Å². The number of aromatic nitrogens is 2. The number of piperazine rings is 1. The molecule has 0 spiro atoms. The lowest BCUT2D eigenvalue weighted by Gasteiger charge is -2.36. The van der Waals surface area contributed by atoms with Gasteiger partial charge in [-0.3, -0.25) is 14.6 Å². The maximum Gasteiger partial charge on any atom is 0.322 e. The Hall–Kier alpha value is -2.18. The van der Waals surface area contributed by atoms with Gasteiger partial charge in [-0.1, -0.05) is 6.07 Å². The first-order chi connectivity index (χ1) is 11.4. The number of carboxylic acids is 1. The molecule has 1 atom stereocenters. The third-order valence-electron chi connectivity index (χ3n) is 4.81. The van der Waals surface area contributed by atoms with Gasteiger partial charge in [-0.15, -0.1) is 0 Å². The van der Waals surface area contributed by atoms with Crippen molar-refractivity contribution in [2.75, 3.05) is 26.7 Å². The predicted molar refractivity (Wildman–Crippen MR) is 92.4 cm³/mol. The van der Waals surface area contributed by atoms with Crippen LogP contribution in [0.2, 0.25) is 0 Å². The number of hydrogen-bond acceptors (Lipinski definition) is 4. The van der Waals surface area contributed by atoms with Crippen molar-refractivity contribution in [1.82, 2.24) is 19.6 Å². The van der Waals surface area contributed by atoms with Gasteiger partial charge in [0.25, 0.3) is 0 Å². The Labute approximate surface area is 142 Å². The van der Waals surface area contributed by atoms with Gasteiger partial charge >= 0.3 is 5.97 Å². The van der Waals surface area contributed by atoms with Gasteiger partial charge in [-0.25, -0.2) is 4.68 Å². The molecule has 1 aromatic heterocycles. The molecule has 6 nitrogen and oxygen atoms in total. The van der Waals surface area contributed by atoms with Gasteiger partial charge in [-0.05, 0) is 44.2 Å². The molecule has 2 heterocycles. The van der Waals surface area contributed by atoms with Crippen LogP contribution in [0.15, 0.2) is 30.6 Å². The van der Waals surface area contributed by atoms with Crippen LogP contribution in [0.5, 0.6) is 0 Å². The zero-order valence-corrected chi connectivity index (χ0v) is 14.4. The first-order valence-corrected chi connectivity index (χ1v) is 8.20. The third kappa shape index (κ3) is 3.49. The molecule has 0 amide bonds. The van der Waals surface area contributed by atoms with Gasteiger partial charge in [0, 0.05) is 37.9 Å². The molecule has 1 aliphatic heterocycles. The summed E-state index contributed by atoms with van der Waals surface area (Å²) in [6.07, 6.45) is 3.89. The smallest absolute Gasteiger partial charge is 0.322 e. The summed E-state index contributed by atoms with van der Waals surface area (Å²) in [5.74, 6) is -0.756. The number of aliphatic carboxylic acids is 1. The molecule has 128 valence electrons. The van der Waals surface area contributed by atoms with E-state index in [4.69, 9.17) is 0 Å². The highest BCUT2D eigenvalue weighted by Gasteiger charge is 2.29. The van der Waals surface area contributed by atoms with E-state index >= 15 is 0 Å². The summed E-state index contributed by atoms with van der Waals surface area (Å²) in [5.41, 5.74) is 4.66. The lowest BCUT2D eigenvalue weighted by Crippen LogP contribution is -2.54. The van der Waals surface area contributed by atoms with E-state index in [-0.39, 0.29) is 0 Å². The first-order valence-electron chi connectivity index (χ1n) is 8.20. The van der Waals surface area contributed by atoms with Gasteiger partial charge in [0.15, 0.2) is 0 Å². The molecule has 1 aromatic carbocycles. The van der Waals surface area contributed by atoms with Crippen LogP contribution in [0, 0.1) is 13.8 Å². The third-order valence-corrected chi connectivity index (χ3v) is 4.81. The van der Waals surface area contributed by atoms with Gasteiger partial charge < -0.3 is 5.11 Å². The summed E-state index contributed by atoms with van der Waals surface area (Å²) in [4.78, 5) is 15.4. The summed E-state index contributed by atoms with van der Waals surface area (Å²) in [6, 6.07) is 5.86. The molecule has 1 saturated heterocycles. The fourth-order valence-corrected chi connectivity index (χ4v) is 3.05. The highest BCUT2D eigenvalue weighted by molar-refractivity contribution is 5.73. The van der Waals surface area contributed by atoms with Gasteiger partial charge in [0.1, 0.15) is 6.04 Å². The fourth-order valence-electron chi connectivity index (χ4n) is 3.05. The SMILES string of the molecule is Cc1ccc(-n2cc(CN3CCN(C)[C@H](C(=O)O)C3)cn2)cc1C. The lowest BCUT2D eigenvalue weighted by molar-refractivity contribution is -0.145. The van der Waals surface area contributed by atoms with Crippen LogP contribution in [0.1, 0.15) is 16.7 Å². The highest BCUT2D eigenvalue weighted by Crippen LogP contribution is 2.16. The number of benzene rings is 1. The molecule has 0 saturated carbocycles. The van der Waals surface area contributed by atoms with E-state index < -0.39 is 12.0 Å². The molecular weight excluding hydrogens is 304 g/mol. The Bertz CT molecular complexity index is 740. The van der Waals surface area contributed by atoms with E-state index in [1.54, 1.807) is 0 Å². The molecule has 1 aliphatic rings. The van der Waals surface area contributed by atoms with Gasteiger partial charge in [0.2, 0.25) is 0 Å². The molecule has 3 rings (SSSR count). The van der Waals surface area contributed by atoms with E-state index in [0.29, 0.717) is 6.54 Å². The second kappa shape index (κ2) is 6.75. The molecule has 6 heteroatoms. The Morgan fingerprint density at radius 1 is 1.29 bits per heavy atom. The summed E-state index contributed by atoms with van der Waals surface area (Å²) in [5, 5.41) is 13.8. The zero-order chi connectivity index (χ0) is 17.3. The molecule has 1 N–H and O–H groups in total. The number of aryl methyl sites for hydroxylation is 2. The summed E-state index contributed by atoms with van der Waals surface area (Å²) in [7, 11) is 1.87. The summed E-state index contributed by atoms with van der Waals surface area (Å²) >= 11 is 0. The van der Waals surface area contributed by atoms with Crippen molar-refractivity contribution in [1.29, 1.82) is 0 Å². The van der Waals surface area contributed by atoms with E-state index in [0.717, 1.165) is 30.9 Å². The minimum absolute atomic E-state index is 0.437. The van der Waals surface area contributed by atoms with Crippen LogP contribution >= 0.6 is 0 Å². The molecule has 1 fully saturated rings. The van der Waals surface area contributed by atoms with Crippen molar-refractivity contribution >= 4 is 5.97 Å². The second-order valence-electron chi connectivity index (χ2n) is 6.63. The Balaban J connectivity index is 1.70. The van der Waals surface area contributed by atoms with E-state index in [2.05, 4.69) is 42.0 Å². The normalized spacial score (nSPS) is 19.5. The van der Waals surface area contributed by atoms with Crippen LogP contribution in [0.25, 0.3) is 5.69 Å². The van der Waals surface area contributed by atoms with Gasteiger partial charge in [-0.2, -0.15) is 5.10 Å². The Morgan fingerprint density at radius 3 is 2.79 bits per heavy atom. The zero-order valence-electron chi connectivity index (χ0n) is 14.4. The van der Waals surface area contributed by atoms with Crippen LogP contribution < -0.4 is 0 Å².